The zero-order valence-electron chi connectivity index (χ0n) is 15.3. The Morgan fingerprint density at radius 2 is 1.71 bits per heavy atom. The zero-order chi connectivity index (χ0) is 19.9. The van der Waals surface area contributed by atoms with E-state index in [1.54, 1.807) is 24.5 Å². The van der Waals surface area contributed by atoms with Crippen molar-refractivity contribution in [3.05, 3.63) is 80.7 Å². The fourth-order valence-electron chi connectivity index (χ4n) is 2.68. The van der Waals surface area contributed by atoms with E-state index in [9.17, 15) is 0 Å². The van der Waals surface area contributed by atoms with Crippen LogP contribution in [0.3, 0.4) is 0 Å². The average Bonchev–Trinajstić information content (AvgIpc) is 3.17. The van der Waals surface area contributed by atoms with Gasteiger partial charge in [0.05, 0.1) is 24.4 Å². The van der Waals surface area contributed by atoms with Gasteiger partial charge in [-0.2, -0.15) is 0 Å². The summed E-state index contributed by atoms with van der Waals surface area (Å²) in [6.45, 7) is 3.82. The van der Waals surface area contributed by atoms with Crippen molar-refractivity contribution in [3.63, 3.8) is 0 Å². The standard InChI is InChI=1S/C21H20Cl3NO3/c1-2-26-20-10-14(11-25-12-15-5-4-8-27-15)9-19(24)21(20)28-13-16-17(22)6-3-7-18(16)23/h3-10,25H,2,11-13H2,1H3. The molecule has 0 aliphatic heterocycles. The van der Waals surface area contributed by atoms with Crippen LogP contribution < -0.4 is 14.8 Å². The van der Waals surface area contributed by atoms with E-state index in [4.69, 9.17) is 48.7 Å². The molecule has 0 saturated carbocycles. The molecule has 3 rings (SSSR count). The zero-order valence-corrected chi connectivity index (χ0v) is 17.6. The first-order valence-corrected chi connectivity index (χ1v) is 9.96. The van der Waals surface area contributed by atoms with Crippen LogP contribution in [0.5, 0.6) is 11.5 Å². The van der Waals surface area contributed by atoms with Crippen molar-refractivity contribution in [2.24, 2.45) is 0 Å². The lowest BCUT2D eigenvalue weighted by Gasteiger charge is -2.16. The van der Waals surface area contributed by atoms with Crippen molar-refractivity contribution in [1.29, 1.82) is 0 Å². The third-order valence-corrected chi connectivity index (χ3v) is 4.99. The van der Waals surface area contributed by atoms with Gasteiger partial charge in [-0.05, 0) is 48.9 Å². The van der Waals surface area contributed by atoms with Crippen LogP contribution >= 0.6 is 34.8 Å². The van der Waals surface area contributed by atoms with Gasteiger partial charge < -0.3 is 19.2 Å². The maximum atomic E-state index is 6.48. The summed E-state index contributed by atoms with van der Waals surface area (Å²) < 4.78 is 17.0. The fourth-order valence-corrected chi connectivity index (χ4v) is 3.48. The molecule has 0 bridgehead atoms. The van der Waals surface area contributed by atoms with Crippen LogP contribution in [0, 0.1) is 0 Å². The largest absolute Gasteiger partial charge is 0.490 e. The quantitative estimate of drug-likeness (QED) is 0.412. The van der Waals surface area contributed by atoms with Crippen LogP contribution in [0.4, 0.5) is 0 Å². The van der Waals surface area contributed by atoms with Gasteiger partial charge >= 0.3 is 0 Å². The van der Waals surface area contributed by atoms with Gasteiger partial charge in [0.1, 0.15) is 12.4 Å². The molecule has 0 amide bonds. The third kappa shape index (κ3) is 5.36. The van der Waals surface area contributed by atoms with Crippen LogP contribution in [-0.4, -0.2) is 6.61 Å². The van der Waals surface area contributed by atoms with Crippen molar-refractivity contribution in [1.82, 2.24) is 5.32 Å². The van der Waals surface area contributed by atoms with Gasteiger partial charge in [0.15, 0.2) is 11.5 Å². The molecule has 0 radical (unpaired) electrons. The number of hydrogen-bond acceptors (Lipinski definition) is 4. The molecule has 0 aliphatic rings. The maximum Gasteiger partial charge on any atom is 0.180 e. The van der Waals surface area contributed by atoms with E-state index in [1.165, 1.54) is 0 Å². The minimum atomic E-state index is 0.189. The van der Waals surface area contributed by atoms with Crippen molar-refractivity contribution >= 4 is 34.8 Å². The summed E-state index contributed by atoms with van der Waals surface area (Å²) in [4.78, 5) is 0. The van der Waals surface area contributed by atoms with E-state index in [0.717, 1.165) is 11.3 Å². The molecule has 148 valence electrons. The highest BCUT2D eigenvalue weighted by molar-refractivity contribution is 6.36. The first-order valence-electron chi connectivity index (χ1n) is 8.82. The molecule has 7 heteroatoms. The number of rotatable bonds is 9. The van der Waals surface area contributed by atoms with Gasteiger partial charge in [0, 0.05) is 22.2 Å². The monoisotopic (exact) mass is 439 g/mol. The van der Waals surface area contributed by atoms with Crippen molar-refractivity contribution in [3.8, 4) is 11.5 Å². The minimum absolute atomic E-state index is 0.189. The number of benzene rings is 2. The molecular weight excluding hydrogens is 421 g/mol. The number of ether oxygens (including phenoxy) is 2. The smallest absolute Gasteiger partial charge is 0.180 e. The molecule has 0 aliphatic carbocycles. The van der Waals surface area contributed by atoms with E-state index in [0.29, 0.717) is 51.8 Å². The van der Waals surface area contributed by atoms with E-state index >= 15 is 0 Å². The van der Waals surface area contributed by atoms with E-state index in [2.05, 4.69) is 5.32 Å². The van der Waals surface area contributed by atoms with E-state index in [-0.39, 0.29) is 6.61 Å². The van der Waals surface area contributed by atoms with Crippen LogP contribution in [0.1, 0.15) is 23.8 Å². The number of hydrogen-bond donors (Lipinski definition) is 1. The summed E-state index contributed by atoms with van der Waals surface area (Å²) in [6, 6.07) is 12.9. The molecule has 2 aromatic carbocycles. The predicted octanol–water partition coefficient (Wildman–Crippen LogP) is 6.51. The molecule has 0 unspecified atom stereocenters. The Morgan fingerprint density at radius 3 is 2.39 bits per heavy atom. The number of nitrogens with one attached hydrogen (secondary N) is 1. The SMILES string of the molecule is CCOc1cc(CNCc2ccco2)cc(Cl)c1OCc1c(Cl)cccc1Cl. The molecule has 3 aromatic rings. The van der Waals surface area contributed by atoms with Crippen LogP contribution in [0.25, 0.3) is 0 Å². The molecule has 28 heavy (non-hydrogen) atoms. The Kier molecular flexibility index (Phi) is 7.51. The number of halogens is 3. The third-order valence-electron chi connectivity index (χ3n) is 4.00. The highest BCUT2D eigenvalue weighted by atomic mass is 35.5. The lowest BCUT2D eigenvalue weighted by molar-refractivity contribution is 0.269. The van der Waals surface area contributed by atoms with E-state index in [1.807, 2.05) is 31.2 Å². The van der Waals surface area contributed by atoms with Gasteiger partial charge in [0.2, 0.25) is 0 Å². The molecule has 1 N–H and O–H groups in total. The average molecular weight is 441 g/mol. The predicted molar refractivity (Wildman–Crippen MR) is 113 cm³/mol. The first-order chi connectivity index (χ1) is 13.6. The van der Waals surface area contributed by atoms with Gasteiger partial charge in [-0.15, -0.1) is 0 Å². The topological polar surface area (TPSA) is 43.6 Å². The Bertz CT molecular complexity index is 893. The molecule has 0 atom stereocenters. The lowest BCUT2D eigenvalue weighted by Crippen LogP contribution is -2.12. The van der Waals surface area contributed by atoms with Crippen molar-refractivity contribution in [2.45, 2.75) is 26.6 Å². The van der Waals surface area contributed by atoms with Gasteiger partial charge in [-0.25, -0.2) is 0 Å². The molecule has 4 nitrogen and oxygen atoms in total. The van der Waals surface area contributed by atoms with Gasteiger partial charge in [0.25, 0.3) is 0 Å². The Hall–Kier alpha value is -1.85. The molecule has 1 heterocycles. The summed E-state index contributed by atoms with van der Waals surface area (Å²) >= 11 is 18.9. The summed E-state index contributed by atoms with van der Waals surface area (Å²) in [6.07, 6.45) is 1.65. The molecule has 0 saturated heterocycles. The van der Waals surface area contributed by atoms with Gasteiger partial charge in [-0.1, -0.05) is 40.9 Å². The Balaban J connectivity index is 1.73. The van der Waals surface area contributed by atoms with Crippen molar-refractivity contribution < 1.29 is 13.9 Å². The lowest BCUT2D eigenvalue weighted by atomic mass is 10.2. The first kappa shape index (κ1) is 20.9. The Labute approximate surface area is 179 Å². The van der Waals surface area contributed by atoms with Crippen molar-refractivity contribution in [2.75, 3.05) is 6.61 Å². The highest BCUT2D eigenvalue weighted by Crippen LogP contribution is 2.38. The summed E-state index contributed by atoms with van der Waals surface area (Å²) in [5, 5.41) is 4.86. The summed E-state index contributed by atoms with van der Waals surface area (Å²) in [5.74, 6) is 1.91. The molecular formula is C21H20Cl3NO3. The van der Waals surface area contributed by atoms with Crippen LogP contribution in [-0.2, 0) is 19.7 Å². The Morgan fingerprint density at radius 1 is 0.929 bits per heavy atom. The minimum Gasteiger partial charge on any atom is -0.490 e. The summed E-state index contributed by atoms with van der Waals surface area (Å²) in [5.41, 5.74) is 1.68. The summed E-state index contributed by atoms with van der Waals surface area (Å²) in [7, 11) is 0. The molecule has 0 spiro atoms. The second-order valence-corrected chi connectivity index (χ2v) is 7.23. The normalized spacial score (nSPS) is 10.9. The second kappa shape index (κ2) is 10.1. The highest BCUT2D eigenvalue weighted by Gasteiger charge is 2.15. The fraction of sp³-hybridized carbons (Fsp3) is 0.238. The molecule has 0 fully saturated rings. The van der Waals surface area contributed by atoms with E-state index < -0.39 is 0 Å². The van der Waals surface area contributed by atoms with Crippen LogP contribution in [0.2, 0.25) is 15.1 Å². The second-order valence-electron chi connectivity index (χ2n) is 6.01. The maximum absolute atomic E-state index is 6.48. The molecule has 1 aromatic heterocycles. The number of furan rings is 1. The van der Waals surface area contributed by atoms with Gasteiger partial charge in [-0.3, -0.25) is 0 Å². The van der Waals surface area contributed by atoms with Crippen LogP contribution in [0.15, 0.2) is 53.1 Å².